The lowest BCUT2D eigenvalue weighted by molar-refractivity contribution is -0.136. The van der Waals surface area contributed by atoms with Gasteiger partial charge in [-0.05, 0) is 96.7 Å². The van der Waals surface area contributed by atoms with Gasteiger partial charge in [0.05, 0.1) is 5.75 Å². The predicted octanol–water partition coefficient (Wildman–Crippen LogP) is 3.80. The summed E-state index contributed by atoms with van der Waals surface area (Å²) in [7, 11) is -3.39. The average molecular weight is 498 g/mol. The summed E-state index contributed by atoms with van der Waals surface area (Å²) in [6.07, 6.45) is -0.559. The van der Waals surface area contributed by atoms with E-state index < -0.39 is 34.3 Å². The summed E-state index contributed by atoms with van der Waals surface area (Å²) in [6, 6.07) is 0.0265. The van der Waals surface area contributed by atoms with Crippen molar-refractivity contribution in [3.63, 3.8) is 0 Å². The number of amides is 1. The molecule has 0 aromatic heterocycles. The molecule has 0 unspecified atom stereocenters. The number of nitrogens with zero attached hydrogens (tertiary/aromatic N) is 1. The summed E-state index contributed by atoms with van der Waals surface area (Å²) in [4.78, 5) is 13.9. The van der Waals surface area contributed by atoms with Crippen LogP contribution in [0.2, 0.25) is 0 Å². The molecular formula is C22H38F3N3O4S. The van der Waals surface area contributed by atoms with Gasteiger partial charge in [0.25, 0.3) is 0 Å². The maximum absolute atomic E-state index is 12.6. The van der Waals surface area contributed by atoms with Crippen LogP contribution in [-0.2, 0) is 14.8 Å². The van der Waals surface area contributed by atoms with Gasteiger partial charge in [0.15, 0.2) is 0 Å². The Bertz CT molecular complexity index is 776. The third-order valence-electron chi connectivity index (χ3n) is 6.88. The van der Waals surface area contributed by atoms with Gasteiger partial charge in [-0.1, -0.05) is 0 Å². The first-order valence-corrected chi connectivity index (χ1v) is 13.6. The van der Waals surface area contributed by atoms with E-state index in [-0.39, 0.29) is 35.6 Å². The Balaban J connectivity index is 1.30. The molecule has 0 atom stereocenters. The number of likely N-dealkylation sites (tertiary alicyclic amines) is 1. The largest absolute Gasteiger partial charge is 0.444 e. The first-order valence-electron chi connectivity index (χ1n) is 11.9. The first kappa shape index (κ1) is 26.5. The molecule has 33 heavy (non-hydrogen) atoms. The summed E-state index contributed by atoms with van der Waals surface area (Å²) >= 11 is 0. The SMILES string of the molecule is CC(C)(C)OC(=O)NC1CC2(C1)CC(NS(=O)(=O)CC1CCN(CCCC(F)(F)F)CC1)C2. The lowest BCUT2D eigenvalue weighted by Gasteiger charge is -2.57. The number of alkyl carbamates (subject to hydrolysis) is 1. The maximum Gasteiger partial charge on any atom is 0.407 e. The Kier molecular flexibility index (Phi) is 7.95. The Morgan fingerprint density at radius 1 is 1.06 bits per heavy atom. The van der Waals surface area contributed by atoms with Gasteiger partial charge in [-0.15, -0.1) is 0 Å². The van der Waals surface area contributed by atoms with Crippen LogP contribution in [0.15, 0.2) is 0 Å². The van der Waals surface area contributed by atoms with Gasteiger partial charge in [0, 0.05) is 18.5 Å². The predicted molar refractivity (Wildman–Crippen MR) is 119 cm³/mol. The van der Waals surface area contributed by atoms with Crippen molar-refractivity contribution < 1.29 is 31.1 Å². The summed E-state index contributed by atoms with van der Waals surface area (Å²) in [5, 5.41) is 2.88. The second kappa shape index (κ2) is 9.89. The molecule has 1 spiro atoms. The van der Waals surface area contributed by atoms with E-state index in [0.717, 1.165) is 25.7 Å². The Labute approximate surface area is 195 Å². The second-order valence-corrected chi connectivity index (χ2v) is 13.1. The van der Waals surface area contributed by atoms with Gasteiger partial charge in [-0.25, -0.2) is 17.9 Å². The molecule has 1 saturated heterocycles. The molecule has 0 bridgehead atoms. The Morgan fingerprint density at radius 2 is 1.64 bits per heavy atom. The van der Waals surface area contributed by atoms with Crippen LogP contribution < -0.4 is 10.0 Å². The quantitative estimate of drug-likeness (QED) is 0.533. The molecule has 2 N–H and O–H groups in total. The zero-order chi connectivity index (χ0) is 24.5. The second-order valence-electron chi connectivity index (χ2n) is 11.3. The van der Waals surface area contributed by atoms with Gasteiger partial charge in [-0.3, -0.25) is 0 Å². The van der Waals surface area contributed by atoms with E-state index in [1.165, 1.54) is 0 Å². The van der Waals surface area contributed by atoms with Crippen LogP contribution in [0.5, 0.6) is 0 Å². The number of carbonyl (C=O) groups is 1. The van der Waals surface area contributed by atoms with E-state index in [1.807, 2.05) is 25.7 Å². The number of hydrogen-bond donors (Lipinski definition) is 2. The van der Waals surface area contributed by atoms with Crippen LogP contribution in [0, 0.1) is 11.3 Å². The van der Waals surface area contributed by atoms with Crippen LogP contribution in [-0.4, -0.2) is 68.7 Å². The fourth-order valence-corrected chi connectivity index (χ4v) is 7.18. The molecule has 0 aromatic rings. The minimum Gasteiger partial charge on any atom is -0.444 e. The molecule has 3 rings (SSSR count). The van der Waals surface area contributed by atoms with Crippen molar-refractivity contribution in [3.05, 3.63) is 0 Å². The molecule has 7 nitrogen and oxygen atoms in total. The number of rotatable bonds is 8. The molecular weight excluding hydrogens is 459 g/mol. The third-order valence-corrected chi connectivity index (χ3v) is 8.48. The van der Waals surface area contributed by atoms with Crippen molar-refractivity contribution in [1.82, 2.24) is 14.9 Å². The minimum absolute atomic E-state index is 0.0431. The molecule has 1 amide bonds. The normalized spacial score (nSPS) is 29.4. The van der Waals surface area contributed by atoms with Crippen LogP contribution >= 0.6 is 0 Å². The van der Waals surface area contributed by atoms with E-state index in [1.54, 1.807) is 0 Å². The molecule has 1 heterocycles. The first-order chi connectivity index (χ1) is 15.1. The number of sulfonamides is 1. The van der Waals surface area contributed by atoms with E-state index >= 15 is 0 Å². The Morgan fingerprint density at radius 3 is 2.18 bits per heavy atom. The number of carbonyl (C=O) groups excluding carboxylic acids is 1. The van der Waals surface area contributed by atoms with Gasteiger partial charge in [0.1, 0.15) is 5.60 Å². The number of halogens is 3. The summed E-state index contributed by atoms with van der Waals surface area (Å²) < 4.78 is 70.1. The van der Waals surface area contributed by atoms with Crippen LogP contribution in [0.3, 0.4) is 0 Å². The standard InChI is InChI=1S/C22H38F3N3O4S/c1-20(2,3)32-19(29)26-17-11-21(12-17)13-18(14-21)27-33(30,31)15-16-5-9-28(10-6-16)8-4-7-22(23,24)25/h16-18,27H,4-15H2,1-3H3,(H,26,29). The van der Waals surface area contributed by atoms with Crippen molar-refractivity contribution in [3.8, 4) is 0 Å². The fourth-order valence-electron chi connectivity index (χ4n) is 5.46. The lowest BCUT2D eigenvalue weighted by atomic mass is 9.52. The van der Waals surface area contributed by atoms with Crippen molar-refractivity contribution >= 4 is 16.1 Å². The topological polar surface area (TPSA) is 87.7 Å². The van der Waals surface area contributed by atoms with Crippen molar-refractivity contribution in [2.24, 2.45) is 11.3 Å². The molecule has 1 aliphatic heterocycles. The number of hydrogen-bond acceptors (Lipinski definition) is 5. The van der Waals surface area contributed by atoms with E-state index in [0.29, 0.717) is 32.5 Å². The third kappa shape index (κ3) is 8.58. The zero-order valence-corrected chi connectivity index (χ0v) is 20.7. The van der Waals surface area contributed by atoms with E-state index in [9.17, 15) is 26.4 Å². The molecule has 2 aliphatic carbocycles. The summed E-state index contributed by atoms with van der Waals surface area (Å²) in [5.74, 6) is 0.122. The van der Waals surface area contributed by atoms with E-state index in [2.05, 4.69) is 10.0 Å². The fraction of sp³-hybridized carbons (Fsp3) is 0.955. The van der Waals surface area contributed by atoms with Crippen molar-refractivity contribution in [2.75, 3.05) is 25.4 Å². The minimum atomic E-state index is -4.12. The molecule has 11 heteroatoms. The highest BCUT2D eigenvalue weighted by atomic mass is 32.2. The van der Waals surface area contributed by atoms with Crippen LogP contribution in [0.4, 0.5) is 18.0 Å². The maximum atomic E-state index is 12.6. The number of alkyl halides is 3. The molecule has 3 fully saturated rings. The highest BCUT2D eigenvalue weighted by molar-refractivity contribution is 7.89. The summed E-state index contributed by atoms with van der Waals surface area (Å²) in [6.45, 7) is 7.16. The smallest absolute Gasteiger partial charge is 0.407 e. The van der Waals surface area contributed by atoms with Crippen molar-refractivity contribution in [1.29, 1.82) is 0 Å². The highest BCUT2D eigenvalue weighted by Gasteiger charge is 2.54. The van der Waals surface area contributed by atoms with Gasteiger partial charge < -0.3 is 15.0 Å². The molecule has 192 valence electrons. The molecule has 2 saturated carbocycles. The highest BCUT2D eigenvalue weighted by Crippen LogP contribution is 2.56. The van der Waals surface area contributed by atoms with Gasteiger partial charge in [0.2, 0.25) is 10.0 Å². The van der Waals surface area contributed by atoms with Crippen LogP contribution in [0.1, 0.15) is 72.1 Å². The zero-order valence-electron chi connectivity index (χ0n) is 19.8. The van der Waals surface area contributed by atoms with Gasteiger partial charge in [-0.2, -0.15) is 13.2 Å². The molecule has 0 aromatic carbocycles. The van der Waals surface area contributed by atoms with Gasteiger partial charge >= 0.3 is 12.3 Å². The number of nitrogens with one attached hydrogen (secondary N) is 2. The Hall–Kier alpha value is -1.07. The van der Waals surface area contributed by atoms with Crippen molar-refractivity contribution in [2.45, 2.75) is 96.0 Å². The number of piperidine rings is 1. The average Bonchev–Trinajstić information content (AvgIpc) is 2.56. The van der Waals surface area contributed by atoms with E-state index in [4.69, 9.17) is 4.74 Å². The molecule has 0 radical (unpaired) electrons. The number of ether oxygens (including phenoxy) is 1. The summed E-state index contributed by atoms with van der Waals surface area (Å²) in [5.41, 5.74) is -0.413. The lowest BCUT2D eigenvalue weighted by Crippen LogP contribution is -2.61. The monoisotopic (exact) mass is 497 g/mol. The molecule has 3 aliphatic rings. The van der Waals surface area contributed by atoms with Crippen LogP contribution in [0.25, 0.3) is 0 Å².